The first kappa shape index (κ1) is 19.0. The third-order valence-electron chi connectivity index (χ3n) is 5.48. The van der Waals surface area contributed by atoms with Crippen LogP contribution in [0.15, 0.2) is 42.5 Å². The molecule has 6 heteroatoms. The Morgan fingerprint density at radius 1 is 1.04 bits per heavy atom. The van der Waals surface area contributed by atoms with Gasteiger partial charge in [-0.15, -0.1) is 0 Å². The Morgan fingerprint density at radius 2 is 1.59 bits per heavy atom. The fourth-order valence-electron chi connectivity index (χ4n) is 3.42. The van der Waals surface area contributed by atoms with Crippen LogP contribution in [0, 0.1) is 11.6 Å². The number of benzene rings is 2. The van der Waals surface area contributed by atoms with E-state index in [9.17, 15) is 23.5 Å². The van der Waals surface area contributed by atoms with Crippen LogP contribution in [0.5, 0.6) is 0 Å². The number of carboxylic acids is 1. The summed E-state index contributed by atoms with van der Waals surface area (Å²) < 4.78 is 28.5. The first-order valence-electron chi connectivity index (χ1n) is 8.78. The molecular formula is C21H21F2NO3. The molecule has 0 saturated heterocycles. The molecule has 0 spiro atoms. The molecule has 1 fully saturated rings. The average molecular weight is 373 g/mol. The number of hydrogen-bond acceptors (Lipinski definition) is 2. The molecule has 0 radical (unpaired) electrons. The highest BCUT2D eigenvalue weighted by atomic mass is 19.1. The summed E-state index contributed by atoms with van der Waals surface area (Å²) in [4.78, 5) is 24.2. The number of carbonyl (C=O) groups excluding carboxylic acids is 1. The molecule has 3 rings (SSSR count). The molecule has 0 heterocycles. The number of carboxylic acid groups (broad SMARTS) is 1. The highest BCUT2D eigenvalue weighted by Crippen LogP contribution is 2.46. The molecule has 2 aromatic rings. The number of rotatable bonds is 5. The van der Waals surface area contributed by atoms with Gasteiger partial charge in [0.2, 0.25) is 5.91 Å². The van der Waals surface area contributed by atoms with Gasteiger partial charge >= 0.3 is 5.97 Å². The van der Waals surface area contributed by atoms with Gasteiger partial charge in [0.25, 0.3) is 0 Å². The lowest BCUT2D eigenvalue weighted by atomic mass is 9.63. The molecule has 27 heavy (non-hydrogen) atoms. The van der Waals surface area contributed by atoms with Crippen molar-refractivity contribution in [3.63, 3.8) is 0 Å². The molecule has 2 aromatic carbocycles. The summed E-state index contributed by atoms with van der Waals surface area (Å²) in [5, 5.41) is 12.0. The van der Waals surface area contributed by atoms with Gasteiger partial charge in [0.15, 0.2) is 0 Å². The van der Waals surface area contributed by atoms with Crippen LogP contribution >= 0.6 is 0 Å². The quantitative estimate of drug-likeness (QED) is 0.817. The number of nitrogens with one attached hydrogen (secondary N) is 1. The van der Waals surface area contributed by atoms with Gasteiger partial charge in [-0.05, 0) is 56.5 Å². The molecule has 1 aliphatic carbocycles. The van der Waals surface area contributed by atoms with Crippen molar-refractivity contribution in [3.05, 3.63) is 65.2 Å². The van der Waals surface area contributed by atoms with Crippen LogP contribution in [0.2, 0.25) is 0 Å². The van der Waals surface area contributed by atoms with Gasteiger partial charge in [-0.2, -0.15) is 0 Å². The lowest BCUT2D eigenvalue weighted by Crippen LogP contribution is -2.47. The normalized spacial score (nSPS) is 15.7. The van der Waals surface area contributed by atoms with Crippen LogP contribution in [0.4, 0.5) is 14.5 Å². The number of carbonyl (C=O) groups is 2. The van der Waals surface area contributed by atoms with Crippen LogP contribution in [0.1, 0.15) is 44.2 Å². The zero-order chi connectivity index (χ0) is 19.8. The van der Waals surface area contributed by atoms with E-state index in [-0.39, 0.29) is 5.56 Å². The van der Waals surface area contributed by atoms with Crippen molar-refractivity contribution in [2.75, 3.05) is 5.32 Å². The topological polar surface area (TPSA) is 66.4 Å². The third kappa shape index (κ3) is 3.20. The molecular weight excluding hydrogens is 352 g/mol. The molecule has 0 unspecified atom stereocenters. The molecule has 1 amide bonds. The smallest absolute Gasteiger partial charge is 0.313 e. The van der Waals surface area contributed by atoms with Gasteiger partial charge in [-0.3, -0.25) is 9.59 Å². The Kier molecular flexibility index (Phi) is 4.76. The molecule has 142 valence electrons. The predicted octanol–water partition coefficient (Wildman–Crippen LogP) is 4.39. The van der Waals surface area contributed by atoms with E-state index in [1.807, 2.05) is 0 Å². The SMILES string of the molecule is CC(C)(C(=O)O)c1ccc(NC(=O)C2(c3c(F)cccc3F)CCC2)cc1. The largest absolute Gasteiger partial charge is 0.481 e. The van der Waals surface area contributed by atoms with Gasteiger partial charge in [-0.25, -0.2) is 8.78 Å². The second-order valence-corrected chi connectivity index (χ2v) is 7.49. The maximum atomic E-state index is 14.2. The summed E-state index contributed by atoms with van der Waals surface area (Å²) in [6, 6.07) is 10.1. The van der Waals surface area contributed by atoms with E-state index in [1.165, 1.54) is 6.07 Å². The Morgan fingerprint density at radius 3 is 2.04 bits per heavy atom. The Labute approximate surface area is 156 Å². The molecule has 0 bridgehead atoms. The molecule has 0 atom stereocenters. The third-order valence-corrected chi connectivity index (χ3v) is 5.48. The maximum absolute atomic E-state index is 14.2. The average Bonchev–Trinajstić information content (AvgIpc) is 2.57. The first-order valence-corrected chi connectivity index (χ1v) is 8.78. The van der Waals surface area contributed by atoms with Gasteiger partial charge in [-0.1, -0.05) is 24.6 Å². The number of amides is 1. The molecule has 2 N–H and O–H groups in total. The zero-order valence-electron chi connectivity index (χ0n) is 15.2. The minimum Gasteiger partial charge on any atom is -0.481 e. The Bertz CT molecular complexity index is 867. The minimum absolute atomic E-state index is 0.183. The van der Waals surface area contributed by atoms with Crippen LogP contribution in [0.25, 0.3) is 0 Å². The van der Waals surface area contributed by atoms with E-state index in [0.717, 1.165) is 12.1 Å². The van der Waals surface area contributed by atoms with Gasteiger partial charge in [0, 0.05) is 11.3 Å². The first-order chi connectivity index (χ1) is 12.7. The van der Waals surface area contributed by atoms with E-state index >= 15 is 0 Å². The van der Waals surface area contributed by atoms with Crippen molar-refractivity contribution >= 4 is 17.6 Å². The van der Waals surface area contributed by atoms with Crippen molar-refractivity contribution in [1.29, 1.82) is 0 Å². The summed E-state index contributed by atoms with van der Waals surface area (Å²) in [5.41, 5.74) is -1.42. The Balaban J connectivity index is 1.85. The predicted molar refractivity (Wildman–Crippen MR) is 97.6 cm³/mol. The van der Waals surface area contributed by atoms with Crippen LogP contribution in [-0.4, -0.2) is 17.0 Å². The van der Waals surface area contributed by atoms with Crippen molar-refractivity contribution < 1.29 is 23.5 Å². The van der Waals surface area contributed by atoms with E-state index in [0.29, 0.717) is 30.5 Å². The molecule has 0 aliphatic heterocycles. The van der Waals surface area contributed by atoms with E-state index in [4.69, 9.17) is 0 Å². The van der Waals surface area contributed by atoms with Crippen molar-refractivity contribution in [2.45, 2.75) is 43.9 Å². The van der Waals surface area contributed by atoms with Crippen LogP contribution in [0.3, 0.4) is 0 Å². The van der Waals surface area contributed by atoms with Crippen molar-refractivity contribution in [2.24, 2.45) is 0 Å². The highest BCUT2D eigenvalue weighted by Gasteiger charge is 2.49. The summed E-state index contributed by atoms with van der Waals surface area (Å²) in [6.07, 6.45) is 1.47. The monoisotopic (exact) mass is 373 g/mol. The second-order valence-electron chi connectivity index (χ2n) is 7.49. The fraction of sp³-hybridized carbons (Fsp3) is 0.333. The minimum atomic E-state index is -1.21. The second kappa shape index (κ2) is 6.76. The van der Waals surface area contributed by atoms with E-state index < -0.39 is 34.3 Å². The summed E-state index contributed by atoms with van der Waals surface area (Å²) in [6.45, 7) is 3.18. The van der Waals surface area contributed by atoms with Crippen LogP contribution < -0.4 is 5.32 Å². The number of hydrogen-bond donors (Lipinski definition) is 2. The molecule has 1 aliphatic rings. The number of anilines is 1. The fourth-order valence-corrected chi connectivity index (χ4v) is 3.42. The van der Waals surface area contributed by atoms with E-state index in [2.05, 4.69) is 5.32 Å². The molecule has 1 saturated carbocycles. The van der Waals surface area contributed by atoms with Gasteiger partial charge in [0.05, 0.1) is 10.8 Å². The van der Waals surface area contributed by atoms with Gasteiger partial charge < -0.3 is 10.4 Å². The zero-order valence-corrected chi connectivity index (χ0v) is 15.2. The van der Waals surface area contributed by atoms with Crippen LogP contribution in [-0.2, 0) is 20.4 Å². The van der Waals surface area contributed by atoms with E-state index in [1.54, 1.807) is 38.1 Å². The van der Waals surface area contributed by atoms with Crippen molar-refractivity contribution in [3.8, 4) is 0 Å². The Hall–Kier alpha value is -2.76. The lowest BCUT2D eigenvalue weighted by Gasteiger charge is -2.40. The summed E-state index contributed by atoms with van der Waals surface area (Å²) in [7, 11) is 0. The molecule has 4 nitrogen and oxygen atoms in total. The summed E-state index contributed by atoms with van der Waals surface area (Å²) in [5.74, 6) is -2.85. The lowest BCUT2D eigenvalue weighted by molar-refractivity contribution is -0.142. The standard InChI is InChI=1S/C21H21F2NO3/c1-20(2,19(26)27)13-7-9-14(10-8-13)24-18(25)21(11-4-12-21)17-15(22)5-3-6-16(17)23/h3,5-10H,4,11-12H2,1-2H3,(H,24,25)(H,26,27). The number of halogens is 2. The van der Waals surface area contributed by atoms with Crippen molar-refractivity contribution in [1.82, 2.24) is 0 Å². The highest BCUT2D eigenvalue weighted by molar-refractivity contribution is 6.00. The summed E-state index contributed by atoms with van der Waals surface area (Å²) >= 11 is 0. The number of aliphatic carboxylic acids is 1. The maximum Gasteiger partial charge on any atom is 0.313 e. The molecule has 0 aromatic heterocycles. The van der Waals surface area contributed by atoms with Gasteiger partial charge in [0.1, 0.15) is 11.6 Å².